The fourth-order valence-electron chi connectivity index (χ4n) is 6.80. The first-order valence-electron chi connectivity index (χ1n) is 14.0. The first kappa shape index (κ1) is 24.5. The minimum atomic E-state index is -0.0136. The molecule has 0 amide bonds. The SMILES string of the molecule is C/C=C/CCc1ccc2cc(C3CCC4CC(CCCCCCC)CCC4C3)ccc2c1F. The summed E-state index contributed by atoms with van der Waals surface area (Å²) in [6.07, 6.45) is 22.9. The van der Waals surface area contributed by atoms with Crippen LogP contribution in [-0.2, 0) is 6.42 Å². The maximum absolute atomic E-state index is 15.1. The van der Waals surface area contributed by atoms with Gasteiger partial charge in [0, 0.05) is 5.39 Å². The molecule has 4 unspecified atom stereocenters. The summed E-state index contributed by atoms with van der Waals surface area (Å²) < 4.78 is 15.1. The standard InChI is InChI=1S/C32H45F/c1-3-5-7-8-10-11-24-13-14-27-22-28(17-16-26(27)21-24)29-19-20-31-30(23-29)18-15-25(32(31)33)12-9-6-4-2/h4,6,15,18-20,23-24,26-28H,3,5,7-14,16-17,21-22H2,1-2H3/b6-4+. The van der Waals surface area contributed by atoms with Crippen LogP contribution in [0.4, 0.5) is 4.39 Å². The number of allylic oxidation sites excluding steroid dienone is 2. The molecule has 2 aromatic carbocycles. The summed E-state index contributed by atoms with van der Waals surface area (Å²) in [5.74, 6) is 3.53. The van der Waals surface area contributed by atoms with Gasteiger partial charge in [0.1, 0.15) is 5.82 Å². The third-order valence-corrected chi connectivity index (χ3v) is 8.78. The molecule has 180 valence electrons. The molecule has 0 heterocycles. The molecule has 2 aliphatic carbocycles. The maximum Gasteiger partial charge on any atom is 0.134 e. The van der Waals surface area contributed by atoms with E-state index >= 15 is 4.39 Å². The van der Waals surface area contributed by atoms with Gasteiger partial charge in [-0.1, -0.05) is 94.4 Å². The van der Waals surface area contributed by atoms with Crippen molar-refractivity contribution >= 4 is 10.8 Å². The molecule has 0 aromatic heterocycles. The number of unbranched alkanes of at least 4 members (excludes halogenated alkanes) is 4. The number of rotatable bonds is 10. The van der Waals surface area contributed by atoms with Gasteiger partial charge in [-0.3, -0.25) is 0 Å². The van der Waals surface area contributed by atoms with Crippen molar-refractivity contribution in [3.63, 3.8) is 0 Å². The van der Waals surface area contributed by atoms with Crippen molar-refractivity contribution in [1.29, 1.82) is 0 Å². The van der Waals surface area contributed by atoms with Gasteiger partial charge in [0.05, 0.1) is 0 Å². The molecule has 2 fully saturated rings. The zero-order chi connectivity index (χ0) is 23.0. The average molecular weight is 449 g/mol. The number of hydrogen-bond acceptors (Lipinski definition) is 0. The molecule has 0 saturated heterocycles. The highest BCUT2D eigenvalue weighted by molar-refractivity contribution is 5.84. The number of halogens is 1. The van der Waals surface area contributed by atoms with Crippen LogP contribution in [0.2, 0.25) is 0 Å². The molecule has 0 N–H and O–H groups in total. The normalized spacial score (nSPS) is 25.5. The van der Waals surface area contributed by atoms with Gasteiger partial charge >= 0.3 is 0 Å². The van der Waals surface area contributed by atoms with E-state index < -0.39 is 0 Å². The van der Waals surface area contributed by atoms with E-state index in [2.05, 4.69) is 37.3 Å². The Morgan fingerprint density at radius 1 is 0.909 bits per heavy atom. The topological polar surface area (TPSA) is 0 Å². The molecule has 2 aromatic rings. The summed E-state index contributed by atoms with van der Waals surface area (Å²) in [6, 6.07) is 10.7. The fourth-order valence-corrected chi connectivity index (χ4v) is 6.80. The molecule has 0 radical (unpaired) electrons. The van der Waals surface area contributed by atoms with Gasteiger partial charge in [-0.15, -0.1) is 0 Å². The number of hydrogen-bond donors (Lipinski definition) is 0. The van der Waals surface area contributed by atoms with Crippen molar-refractivity contribution in [2.24, 2.45) is 17.8 Å². The summed E-state index contributed by atoms with van der Waals surface area (Å²) >= 11 is 0. The molecular weight excluding hydrogens is 403 g/mol. The van der Waals surface area contributed by atoms with E-state index in [1.54, 1.807) is 0 Å². The highest BCUT2D eigenvalue weighted by Gasteiger charge is 2.35. The zero-order valence-electron chi connectivity index (χ0n) is 21.1. The number of benzene rings is 2. The van der Waals surface area contributed by atoms with Crippen molar-refractivity contribution in [2.75, 3.05) is 0 Å². The summed E-state index contributed by atoms with van der Waals surface area (Å²) in [7, 11) is 0. The number of fused-ring (bicyclic) bond motifs is 2. The Morgan fingerprint density at radius 3 is 2.58 bits per heavy atom. The van der Waals surface area contributed by atoms with E-state index in [9.17, 15) is 0 Å². The molecule has 0 spiro atoms. The van der Waals surface area contributed by atoms with Gasteiger partial charge < -0.3 is 0 Å². The monoisotopic (exact) mass is 448 g/mol. The van der Waals surface area contributed by atoms with Crippen LogP contribution in [0, 0.1) is 23.6 Å². The van der Waals surface area contributed by atoms with Gasteiger partial charge in [0.2, 0.25) is 0 Å². The van der Waals surface area contributed by atoms with Crippen LogP contribution in [0.25, 0.3) is 10.8 Å². The van der Waals surface area contributed by atoms with Crippen LogP contribution in [-0.4, -0.2) is 0 Å². The van der Waals surface area contributed by atoms with E-state index in [1.807, 2.05) is 19.1 Å². The van der Waals surface area contributed by atoms with Crippen molar-refractivity contribution in [3.8, 4) is 0 Å². The van der Waals surface area contributed by atoms with Crippen molar-refractivity contribution < 1.29 is 4.39 Å². The molecule has 4 atom stereocenters. The van der Waals surface area contributed by atoms with E-state index in [1.165, 1.54) is 82.6 Å². The average Bonchev–Trinajstić information content (AvgIpc) is 2.85. The van der Waals surface area contributed by atoms with E-state index in [0.717, 1.165) is 46.9 Å². The lowest BCUT2D eigenvalue weighted by Gasteiger charge is -2.42. The Labute approximate surface area is 202 Å². The first-order chi connectivity index (χ1) is 16.2. The Morgan fingerprint density at radius 2 is 1.73 bits per heavy atom. The summed E-state index contributed by atoms with van der Waals surface area (Å²) in [6.45, 7) is 4.32. The minimum absolute atomic E-state index is 0.0136. The van der Waals surface area contributed by atoms with E-state index in [4.69, 9.17) is 0 Å². The van der Waals surface area contributed by atoms with Crippen LogP contribution in [0.15, 0.2) is 42.5 Å². The quantitative estimate of drug-likeness (QED) is 0.250. The van der Waals surface area contributed by atoms with Gasteiger partial charge in [0.15, 0.2) is 0 Å². The highest BCUT2D eigenvalue weighted by Crippen LogP contribution is 2.48. The van der Waals surface area contributed by atoms with Crippen LogP contribution in [0.3, 0.4) is 0 Å². The molecule has 0 bridgehead atoms. The smallest absolute Gasteiger partial charge is 0.134 e. The van der Waals surface area contributed by atoms with Crippen LogP contribution in [0.1, 0.15) is 114 Å². The Hall–Kier alpha value is -1.63. The molecule has 1 heteroatoms. The Balaban J connectivity index is 1.33. The Bertz CT molecular complexity index is 910. The summed E-state index contributed by atoms with van der Waals surface area (Å²) in [5.41, 5.74) is 2.29. The van der Waals surface area contributed by atoms with Gasteiger partial charge in [0.25, 0.3) is 0 Å². The third kappa shape index (κ3) is 6.28. The lowest BCUT2D eigenvalue weighted by molar-refractivity contribution is 0.113. The van der Waals surface area contributed by atoms with E-state index in [0.29, 0.717) is 5.92 Å². The third-order valence-electron chi connectivity index (χ3n) is 8.78. The predicted octanol–water partition coefficient (Wildman–Crippen LogP) is 10.1. The Kier molecular flexibility index (Phi) is 9.04. The molecule has 2 aliphatic rings. The molecule has 2 saturated carbocycles. The summed E-state index contributed by atoms with van der Waals surface area (Å²) in [5, 5.41) is 1.87. The van der Waals surface area contributed by atoms with Gasteiger partial charge in [-0.2, -0.15) is 0 Å². The second kappa shape index (κ2) is 12.2. The maximum atomic E-state index is 15.1. The predicted molar refractivity (Wildman–Crippen MR) is 141 cm³/mol. The fraction of sp³-hybridized carbons (Fsp3) is 0.625. The van der Waals surface area contributed by atoms with Crippen LogP contribution in [0.5, 0.6) is 0 Å². The first-order valence-corrected chi connectivity index (χ1v) is 14.0. The number of aryl methyl sites for hydroxylation is 1. The minimum Gasteiger partial charge on any atom is -0.206 e. The molecule has 0 aliphatic heterocycles. The molecule has 33 heavy (non-hydrogen) atoms. The van der Waals surface area contributed by atoms with E-state index in [-0.39, 0.29) is 5.82 Å². The molecule has 4 rings (SSSR count). The summed E-state index contributed by atoms with van der Waals surface area (Å²) in [4.78, 5) is 0. The van der Waals surface area contributed by atoms with Gasteiger partial charge in [-0.25, -0.2) is 4.39 Å². The lowest BCUT2D eigenvalue weighted by Crippen LogP contribution is -2.30. The van der Waals surface area contributed by atoms with Crippen LogP contribution >= 0.6 is 0 Å². The molecular formula is C32H45F. The van der Waals surface area contributed by atoms with Crippen molar-refractivity contribution in [3.05, 3.63) is 59.4 Å². The van der Waals surface area contributed by atoms with Crippen molar-refractivity contribution in [2.45, 2.75) is 110 Å². The lowest BCUT2D eigenvalue weighted by atomic mass is 9.63. The van der Waals surface area contributed by atoms with Gasteiger partial charge in [-0.05, 0) is 92.1 Å². The molecule has 0 nitrogen and oxygen atoms in total. The highest BCUT2D eigenvalue weighted by atomic mass is 19.1. The largest absolute Gasteiger partial charge is 0.206 e. The zero-order valence-corrected chi connectivity index (χ0v) is 21.1. The second-order valence-corrected chi connectivity index (χ2v) is 11.0. The van der Waals surface area contributed by atoms with Crippen LogP contribution < -0.4 is 0 Å². The second-order valence-electron chi connectivity index (χ2n) is 11.0. The van der Waals surface area contributed by atoms with Crippen molar-refractivity contribution in [1.82, 2.24) is 0 Å².